The van der Waals surface area contributed by atoms with Crippen molar-refractivity contribution in [3.05, 3.63) is 11.1 Å². The normalized spacial score (nSPS) is 22.6. The van der Waals surface area contributed by atoms with Crippen LogP contribution >= 0.6 is 0 Å². The van der Waals surface area contributed by atoms with Crippen molar-refractivity contribution in [2.24, 2.45) is 0 Å². The second-order valence-corrected chi connectivity index (χ2v) is 5.57. The van der Waals surface area contributed by atoms with Gasteiger partial charge in [0.1, 0.15) is 5.60 Å². The highest BCUT2D eigenvalue weighted by molar-refractivity contribution is 6.07. The Morgan fingerprint density at radius 3 is 2.44 bits per heavy atom. The van der Waals surface area contributed by atoms with Gasteiger partial charge in [0, 0.05) is 11.6 Å². The van der Waals surface area contributed by atoms with E-state index in [0.29, 0.717) is 11.1 Å². The number of carbonyl (C=O) groups excluding carboxylic acids is 2. The summed E-state index contributed by atoms with van der Waals surface area (Å²) in [6.45, 7) is 5.53. The molecular formula is C14H21NO3. The Labute approximate surface area is 108 Å². The smallest absolute Gasteiger partial charge is 0.335 e. The quantitative estimate of drug-likeness (QED) is 0.764. The highest BCUT2D eigenvalue weighted by atomic mass is 16.6. The van der Waals surface area contributed by atoms with E-state index in [2.05, 4.69) is 5.32 Å². The molecule has 1 fully saturated rings. The number of rotatable bonds is 2. The lowest BCUT2D eigenvalue weighted by Gasteiger charge is -2.34. The van der Waals surface area contributed by atoms with Gasteiger partial charge in [-0.2, -0.15) is 0 Å². The average Bonchev–Trinajstić information content (AvgIpc) is 2.50. The fourth-order valence-corrected chi connectivity index (χ4v) is 2.94. The molecule has 0 saturated heterocycles. The molecule has 1 aliphatic heterocycles. The Balaban J connectivity index is 2.32. The van der Waals surface area contributed by atoms with Crippen LogP contribution in [0.15, 0.2) is 11.1 Å². The highest BCUT2D eigenvalue weighted by Crippen LogP contribution is 2.43. The van der Waals surface area contributed by atoms with Crippen LogP contribution in [0.1, 0.15) is 52.9 Å². The zero-order valence-corrected chi connectivity index (χ0v) is 11.3. The van der Waals surface area contributed by atoms with Crippen molar-refractivity contribution in [2.75, 3.05) is 0 Å². The molecule has 0 aromatic carbocycles. The molecule has 0 atom stereocenters. The Kier molecular flexibility index (Phi) is 3.46. The summed E-state index contributed by atoms with van der Waals surface area (Å²) in [5, 5.41) is 2.88. The molecule has 0 radical (unpaired) electrons. The number of ether oxygens (including phenoxy) is 1. The maximum Gasteiger partial charge on any atom is 0.335 e. The molecule has 0 aromatic rings. The van der Waals surface area contributed by atoms with Gasteiger partial charge < -0.3 is 10.1 Å². The molecule has 4 heteroatoms. The minimum atomic E-state index is -0.640. The molecule has 1 amide bonds. The molecule has 18 heavy (non-hydrogen) atoms. The molecule has 4 nitrogen and oxygen atoms in total. The first-order chi connectivity index (χ1) is 8.46. The lowest BCUT2D eigenvalue weighted by Crippen LogP contribution is -2.42. The SMILES string of the molecule is CC1=C(C(=O)NC(C)C)C2(CCCCC2)OC1=O. The highest BCUT2D eigenvalue weighted by Gasteiger charge is 2.49. The van der Waals surface area contributed by atoms with Gasteiger partial charge in [-0.3, -0.25) is 4.79 Å². The molecule has 1 aliphatic carbocycles. The standard InChI is InChI=1S/C14H21NO3/c1-9(2)15-12(16)11-10(3)13(17)18-14(11)7-5-4-6-8-14/h9H,4-8H2,1-3H3,(H,15,16). The molecule has 1 N–H and O–H groups in total. The molecule has 2 aliphatic rings. The van der Waals surface area contributed by atoms with Gasteiger partial charge in [-0.15, -0.1) is 0 Å². The van der Waals surface area contributed by atoms with Crippen molar-refractivity contribution < 1.29 is 14.3 Å². The van der Waals surface area contributed by atoms with Crippen LogP contribution in [0.3, 0.4) is 0 Å². The van der Waals surface area contributed by atoms with E-state index in [1.807, 2.05) is 13.8 Å². The predicted octanol–water partition coefficient (Wildman–Crippen LogP) is 2.09. The van der Waals surface area contributed by atoms with E-state index in [1.54, 1.807) is 6.92 Å². The van der Waals surface area contributed by atoms with E-state index in [9.17, 15) is 9.59 Å². The van der Waals surface area contributed by atoms with Crippen molar-refractivity contribution in [2.45, 2.75) is 64.5 Å². The van der Waals surface area contributed by atoms with Gasteiger partial charge in [0.15, 0.2) is 0 Å². The first-order valence-electron chi connectivity index (χ1n) is 6.72. The number of carbonyl (C=O) groups is 2. The van der Waals surface area contributed by atoms with Gasteiger partial charge in [-0.05, 0) is 46.5 Å². The summed E-state index contributed by atoms with van der Waals surface area (Å²) in [7, 11) is 0. The molecule has 0 bridgehead atoms. The zero-order valence-electron chi connectivity index (χ0n) is 11.3. The van der Waals surface area contributed by atoms with Gasteiger partial charge >= 0.3 is 5.97 Å². The van der Waals surface area contributed by atoms with Gasteiger partial charge in [-0.25, -0.2) is 4.79 Å². The van der Waals surface area contributed by atoms with E-state index in [4.69, 9.17) is 4.74 Å². The first-order valence-corrected chi connectivity index (χ1v) is 6.72. The van der Waals surface area contributed by atoms with Crippen LogP contribution in [-0.2, 0) is 14.3 Å². The van der Waals surface area contributed by atoms with Crippen molar-refractivity contribution in [3.8, 4) is 0 Å². The van der Waals surface area contributed by atoms with E-state index in [-0.39, 0.29) is 17.9 Å². The van der Waals surface area contributed by atoms with Crippen molar-refractivity contribution >= 4 is 11.9 Å². The van der Waals surface area contributed by atoms with Crippen LogP contribution in [0.4, 0.5) is 0 Å². The largest absolute Gasteiger partial charge is 0.451 e. The Morgan fingerprint density at radius 2 is 1.89 bits per heavy atom. The summed E-state index contributed by atoms with van der Waals surface area (Å²) in [4.78, 5) is 24.1. The molecular weight excluding hydrogens is 230 g/mol. The summed E-state index contributed by atoms with van der Waals surface area (Å²) in [6, 6.07) is 0.0640. The predicted molar refractivity (Wildman–Crippen MR) is 67.9 cm³/mol. The molecule has 1 saturated carbocycles. The second kappa shape index (κ2) is 4.75. The summed E-state index contributed by atoms with van der Waals surface area (Å²) in [5.74, 6) is -0.471. The first kappa shape index (κ1) is 13.1. The van der Waals surface area contributed by atoms with E-state index < -0.39 is 5.60 Å². The Bertz CT molecular complexity index is 403. The van der Waals surface area contributed by atoms with Gasteiger partial charge in [0.25, 0.3) is 5.91 Å². The van der Waals surface area contributed by atoms with Crippen LogP contribution in [0.2, 0.25) is 0 Å². The van der Waals surface area contributed by atoms with Crippen molar-refractivity contribution in [3.63, 3.8) is 0 Å². The topological polar surface area (TPSA) is 55.4 Å². The third kappa shape index (κ3) is 2.16. The molecule has 100 valence electrons. The van der Waals surface area contributed by atoms with Crippen LogP contribution in [-0.4, -0.2) is 23.5 Å². The minimum Gasteiger partial charge on any atom is -0.451 e. The Hall–Kier alpha value is -1.32. The Morgan fingerprint density at radius 1 is 1.28 bits per heavy atom. The minimum absolute atomic E-state index is 0.0640. The number of amides is 1. The summed E-state index contributed by atoms with van der Waals surface area (Å²) < 4.78 is 5.54. The monoisotopic (exact) mass is 251 g/mol. The molecule has 2 rings (SSSR count). The number of hydrogen-bond donors (Lipinski definition) is 1. The maximum absolute atomic E-state index is 12.3. The van der Waals surface area contributed by atoms with Gasteiger partial charge in [0.05, 0.1) is 5.57 Å². The fourth-order valence-electron chi connectivity index (χ4n) is 2.94. The molecule has 1 spiro atoms. The van der Waals surface area contributed by atoms with Crippen LogP contribution < -0.4 is 5.32 Å². The lowest BCUT2D eigenvalue weighted by molar-refractivity contribution is -0.149. The lowest BCUT2D eigenvalue weighted by atomic mass is 9.78. The third-order valence-corrected chi connectivity index (χ3v) is 3.73. The second-order valence-electron chi connectivity index (χ2n) is 5.57. The number of hydrogen-bond acceptors (Lipinski definition) is 3. The van der Waals surface area contributed by atoms with Gasteiger partial charge in [-0.1, -0.05) is 6.42 Å². The number of esters is 1. The maximum atomic E-state index is 12.3. The fraction of sp³-hybridized carbons (Fsp3) is 0.714. The molecule has 1 heterocycles. The van der Waals surface area contributed by atoms with Crippen LogP contribution in [0.5, 0.6) is 0 Å². The number of nitrogens with one attached hydrogen (secondary N) is 1. The summed E-state index contributed by atoms with van der Waals surface area (Å²) >= 11 is 0. The van der Waals surface area contributed by atoms with Gasteiger partial charge in [0.2, 0.25) is 0 Å². The van der Waals surface area contributed by atoms with Crippen molar-refractivity contribution in [1.82, 2.24) is 5.32 Å². The van der Waals surface area contributed by atoms with Crippen molar-refractivity contribution in [1.29, 1.82) is 0 Å². The van der Waals surface area contributed by atoms with E-state index in [1.165, 1.54) is 0 Å². The van der Waals surface area contributed by atoms with E-state index >= 15 is 0 Å². The molecule has 0 unspecified atom stereocenters. The molecule has 0 aromatic heterocycles. The summed E-state index contributed by atoms with van der Waals surface area (Å²) in [6.07, 6.45) is 4.73. The average molecular weight is 251 g/mol. The zero-order chi connectivity index (χ0) is 13.3. The van der Waals surface area contributed by atoms with E-state index in [0.717, 1.165) is 32.1 Å². The summed E-state index contributed by atoms with van der Waals surface area (Å²) in [5.41, 5.74) is 0.411. The van der Waals surface area contributed by atoms with Crippen LogP contribution in [0, 0.1) is 0 Å². The third-order valence-electron chi connectivity index (χ3n) is 3.73. The van der Waals surface area contributed by atoms with Crippen LogP contribution in [0.25, 0.3) is 0 Å².